The van der Waals surface area contributed by atoms with Crippen LogP contribution in [-0.4, -0.2) is 30.5 Å². The van der Waals surface area contributed by atoms with Crippen molar-refractivity contribution in [3.05, 3.63) is 69.8 Å². The molecule has 8 nitrogen and oxygen atoms in total. The first kappa shape index (κ1) is 20.5. The Balaban J connectivity index is 2.30. The Bertz CT molecular complexity index is 928. The maximum atomic E-state index is 12.8. The van der Waals surface area contributed by atoms with E-state index in [0.29, 0.717) is 6.42 Å². The third-order valence-corrected chi connectivity index (χ3v) is 5.76. The lowest BCUT2D eigenvalue weighted by Gasteiger charge is -2.19. The van der Waals surface area contributed by atoms with E-state index in [4.69, 9.17) is 5.11 Å². The molecule has 0 amide bonds. The van der Waals surface area contributed by atoms with Crippen LogP contribution in [0.5, 0.6) is 0 Å². The summed E-state index contributed by atoms with van der Waals surface area (Å²) in [7, 11) is -4.06. The number of nitrogens with one attached hydrogen (secondary N) is 1. The van der Waals surface area contributed by atoms with E-state index in [1.807, 2.05) is 30.3 Å². The molecule has 0 heterocycles. The SMILES string of the molecule is Cc1c([N+](=O)[O-])cccc1S(=O)(=O)NC(CCC(=O)O)Cc1ccccc1. The van der Waals surface area contributed by atoms with Crippen LogP contribution in [0.4, 0.5) is 5.69 Å². The zero-order valence-electron chi connectivity index (χ0n) is 14.7. The van der Waals surface area contributed by atoms with Crippen molar-refractivity contribution >= 4 is 21.7 Å². The van der Waals surface area contributed by atoms with Crippen molar-refractivity contribution in [3.63, 3.8) is 0 Å². The Labute approximate surface area is 157 Å². The Morgan fingerprint density at radius 1 is 1.19 bits per heavy atom. The molecule has 2 aromatic carbocycles. The lowest BCUT2D eigenvalue weighted by Crippen LogP contribution is -2.37. The van der Waals surface area contributed by atoms with Crippen molar-refractivity contribution < 1.29 is 23.2 Å². The summed E-state index contributed by atoms with van der Waals surface area (Å²) in [6, 6.07) is 12.3. The van der Waals surface area contributed by atoms with Gasteiger partial charge in [0.2, 0.25) is 10.0 Å². The molecule has 9 heteroatoms. The number of carbonyl (C=O) groups is 1. The van der Waals surface area contributed by atoms with E-state index in [1.165, 1.54) is 25.1 Å². The van der Waals surface area contributed by atoms with E-state index in [0.717, 1.165) is 5.56 Å². The molecular weight excluding hydrogens is 372 g/mol. The Hall–Kier alpha value is -2.78. The fourth-order valence-corrected chi connectivity index (χ4v) is 4.31. The first-order valence-corrected chi connectivity index (χ1v) is 9.71. The Morgan fingerprint density at radius 3 is 2.44 bits per heavy atom. The molecule has 0 spiro atoms. The van der Waals surface area contributed by atoms with Crippen molar-refractivity contribution in [2.24, 2.45) is 0 Å². The highest BCUT2D eigenvalue weighted by Crippen LogP contribution is 2.25. The van der Waals surface area contributed by atoms with Crippen LogP contribution in [0.1, 0.15) is 24.0 Å². The second-order valence-electron chi connectivity index (χ2n) is 6.10. The molecule has 0 fully saturated rings. The fraction of sp³-hybridized carbons (Fsp3) is 0.278. The molecule has 2 rings (SSSR count). The van der Waals surface area contributed by atoms with E-state index in [9.17, 15) is 23.3 Å². The molecule has 0 saturated heterocycles. The quantitative estimate of drug-likeness (QED) is 0.499. The summed E-state index contributed by atoms with van der Waals surface area (Å²) in [5.74, 6) is -1.03. The van der Waals surface area contributed by atoms with Gasteiger partial charge in [0.25, 0.3) is 5.69 Å². The number of benzene rings is 2. The number of aliphatic carboxylic acids is 1. The maximum absolute atomic E-state index is 12.8. The second-order valence-corrected chi connectivity index (χ2v) is 7.78. The van der Waals surface area contributed by atoms with Gasteiger partial charge in [0.1, 0.15) is 0 Å². The van der Waals surface area contributed by atoms with Crippen LogP contribution in [-0.2, 0) is 21.2 Å². The number of rotatable bonds is 9. The van der Waals surface area contributed by atoms with Crippen LogP contribution in [0.15, 0.2) is 53.4 Å². The lowest BCUT2D eigenvalue weighted by molar-refractivity contribution is -0.385. The van der Waals surface area contributed by atoms with E-state index in [2.05, 4.69) is 4.72 Å². The summed E-state index contributed by atoms with van der Waals surface area (Å²) >= 11 is 0. The van der Waals surface area contributed by atoms with Crippen LogP contribution in [0.25, 0.3) is 0 Å². The number of carboxylic acid groups (broad SMARTS) is 1. The molecule has 0 aliphatic rings. The predicted octanol–water partition coefficient (Wildman–Crippen LogP) is 2.66. The van der Waals surface area contributed by atoms with Crippen LogP contribution in [0, 0.1) is 17.0 Å². The van der Waals surface area contributed by atoms with Gasteiger partial charge in [0, 0.05) is 24.1 Å². The highest BCUT2D eigenvalue weighted by Gasteiger charge is 2.26. The topological polar surface area (TPSA) is 127 Å². The van der Waals surface area contributed by atoms with E-state index >= 15 is 0 Å². The van der Waals surface area contributed by atoms with Crippen LogP contribution in [0.2, 0.25) is 0 Å². The van der Waals surface area contributed by atoms with Gasteiger partial charge in [-0.2, -0.15) is 0 Å². The van der Waals surface area contributed by atoms with Gasteiger partial charge in [-0.25, -0.2) is 13.1 Å². The van der Waals surface area contributed by atoms with Crippen molar-refractivity contribution in [2.75, 3.05) is 0 Å². The van der Waals surface area contributed by atoms with Crippen molar-refractivity contribution in [2.45, 2.75) is 37.1 Å². The second kappa shape index (κ2) is 8.74. The molecule has 1 atom stereocenters. The van der Waals surface area contributed by atoms with Crippen molar-refractivity contribution in [1.29, 1.82) is 0 Å². The minimum Gasteiger partial charge on any atom is -0.481 e. The Morgan fingerprint density at radius 2 is 1.85 bits per heavy atom. The van der Waals surface area contributed by atoms with Gasteiger partial charge in [-0.05, 0) is 31.4 Å². The molecule has 1 unspecified atom stereocenters. The maximum Gasteiger partial charge on any atom is 0.303 e. The van der Waals surface area contributed by atoms with E-state index < -0.39 is 27.0 Å². The molecule has 2 N–H and O–H groups in total. The number of hydrogen-bond donors (Lipinski definition) is 2. The van der Waals surface area contributed by atoms with Gasteiger partial charge in [-0.3, -0.25) is 14.9 Å². The molecule has 0 saturated carbocycles. The summed E-state index contributed by atoms with van der Waals surface area (Å²) < 4.78 is 28.1. The summed E-state index contributed by atoms with van der Waals surface area (Å²) in [5.41, 5.74) is 0.598. The van der Waals surface area contributed by atoms with Gasteiger partial charge >= 0.3 is 5.97 Å². The van der Waals surface area contributed by atoms with Gasteiger partial charge in [0.15, 0.2) is 0 Å². The van der Waals surface area contributed by atoms with Gasteiger partial charge in [-0.1, -0.05) is 36.4 Å². The van der Waals surface area contributed by atoms with Crippen LogP contribution in [0.3, 0.4) is 0 Å². The molecule has 0 aliphatic carbocycles. The first-order chi connectivity index (χ1) is 12.7. The zero-order valence-corrected chi connectivity index (χ0v) is 15.5. The standard InChI is InChI=1S/C18H20N2O6S/c1-13-16(20(23)24)8-5-9-17(13)27(25,26)19-15(10-11-18(21)22)12-14-6-3-2-4-7-14/h2-9,15,19H,10-12H2,1H3,(H,21,22). The average Bonchev–Trinajstić information content (AvgIpc) is 2.60. The predicted molar refractivity (Wildman–Crippen MR) is 99.0 cm³/mol. The molecule has 27 heavy (non-hydrogen) atoms. The number of sulfonamides is 1. The normalized spacial score (nSPS) is 12.5. The summed E-state index contributed by atoms with van der Waals surface area (Å²) in [5, 5.41) is 20.0. The smallest absolute Gasteiger partial charge is 0.303 e. The van der Waals surface area contributed by atoms with Gasteiger partial charge in [-0.15, -0.1) is 0 Å². The minimum absolute atomic E-state index is 0.0340. The number of nitro benzene ring substituents is 1. The Kier molecular flexibility index (Phi) is 6.65. The van der Waals surface area contributed by atoms with Crippen molar-refractivity contribution in [3.8, 4) is 0 Å². The first-order valence-electron chi connectivity index (χ1n) is 8.23. The molecule has 144 valence electrons. The van der Waals surface area contributed by atoms with Gasteiger partial charge in [0.05, 0.1) is 9.82 Å². The molecule has 0 aliphatic heterocycles. The number of hydrogen-bond acceptors (Lipinski definition) is 5. The van der Waals surface area contributed by atoms with E-state index in [-0.39, 0.29) is 29.0 Å². The highest BCUT2D eigenvalue weighted by molar-refractivity contribution is 7.89. The largest absolute Gasteiger partial charge is 0.481 e. The minimum atomic E-state index is -4.06. The van der Waals surface area contributed by atoms with E-state index in [1.54, 1.807) is 0 Å². The number of nitrogens with zero attached hydrogens (tertiary/aromatic N) is 1. The summed E-state index contributed by atoms with van der Waals surface area (Å²) in [4.78, 5) is 21.2. The fourth-order valence-electron chi connectivity index (χ4n) is 2.77. The molecule has 0 bridgehead atoms. The van der Waals surface area contributed by atoms with Crippen LogP contribution < -0.4 is 4.72 Å². The number of carboxylic acids is 1. The lowest BCUT2D eigenvalue weighted by atomic mass is 10.0. The summed E-state index contributed by atoms with van der Waals surface area (Å²) in [6.07, 6.45) is 0.201. The average molecular weight is 392 g/mol. The van der Waals surface area contributed by atoms with Crippen LogP contribution >= 0.6 is 0 Å². The van der Waals surface area contributed by atoms with Gasteiger partial charge < -0.3 is 5.11 Å². The third-order valence-electron chi connectivity index (χ3n) is 4.10. The molecular formula is C18H20N2O6S. The summed E-state index contributed by atoms with van der Waals surface area (Å²) in [6.45, 7) is 1.37. The van der Waals surface area contributed by atoms with Crippen molar-refractivity contribution in [1.82, 2.24) is 4.72 Å². The number of nitro groups is 1. The highest BCUT2D eigenvalue weighted by atomic mass is 32.2. The molecule has 0 radical (unpaired) electrons. The third kappa shape index (κ3) is 5.60. The molecule has 0 aromatic heterocycles. The zero-order chi connectivity index (χ0) is 20.0. The molecule has 2 aromatic rings. The monoisotopic (exact) mass is 392 g/mol.